The molecule has 0 radical (unpaired) electrons. The maximum Gasteiger partial charge on any atom is 0.237 e. The van der Waals surface area contributed by atoms with Gasteiger partial charge in [0.15, 0.2) is 5.16 Å². The van der Waals surface area contributed by atoms with Crippen molar-refractivity contribution < 1.29 is 13.6 Å². The van der Waals surface area contributed by atoms with Crippen molar-refractivity contribution in [1.82, 2.24) is 14.8 Å². The topological polar surface area (TPSA) is 59.8 Å². The number of carbonyl (C=O) groups is 1. The number of amides is 1. The molecule has 5 nitrogen and oxygen atoms in total. The van der Waals surface area contributed by atoms with Crippen LogP contribution in [0.15, 0.2) is 53.7 Å². The molecule has 1 aromatic heterocycles. The van der Waals surface area contributed by atoms with Crippen LogP contribution in [-0.4, -0.2) is 25.9 Å². The molecule has 0 aliphatic carbocycles. The Morgan fingerprint density at radius 3 is 2.67 bits per heavy atom. The second kappa shape index (κ2) is 8.30. The highest BCUT2D eigenvalue weighted by atomic mass is 32.2. The molecule has 0 fully saturated rings. The fourth-order valence-corrected chi connectivity index (χ4v) is 3.25. The average Bonchev–Trinajstić information content (AvgIpc) is 2.99. The van der Waals surface area contributed by atoms with Crippen molar-refractivity contribution in [1.29, 1.82) is 0 Å². The summed E-state index contributed by atoms with van der Waals surface area (Å²) >= 11 is 1.20. The third kappa shape index (κ3) is 4.71. The van der Waals surface area contributed by atoms with Crippen LogP contribution in [-0.2, 0) is 18.3 Å². The van der Waals surface area contributed by atoms with Gasteiger partial charge < -0.3 is 9.88 Å². The van der Waals surface area contributed by atoms with E-state index in [1.807, 2.05) is 41.9 Å². The number of carbonyl (C=O) groups excluding carboxylic acids is 1. The molecule has 0 saturated carbocycles. The molecular formula is C19H18F2N4OS. The fourth-order valence-electron chi connectivity index (χ4n) is 2.42. The quantitative estimate of drug-likeness (QED) is 0.653. The van der Waals surface area contributed by atoms with E-state index in [-0.39, 0.29) is 5.69 Å². The van der Waals surface area contributed by atoms with E-state index in [4.69, 9.17) is 0 Å². The summed E-state index contributed by atoms with van der Waals surface area (Å²) in [6.45, 7) is 1.67. The monoisotopic (exact) mass is 388 g/mol. The molecule has 140 valence electrons. The highest BCUT2D eigenvalue weighted by Gasteiger charge is 2.20. The number of anilines is 1. The molecule has 2 aromatic carbocycles. The summed E-state index contributed by atoms with van der Waals surface area (Å²) in [4.78, 5) is 12.3. The molecule has 8 heteroatoms. The second-order valence-electron chi connectivity index (χ2n) is 5.99. The number of halogens is 2. The van der Waals surface area contributed by atoms with Crippen LogP contribution in [0.5, 0.6) is 0 Å². The first-order valence-electron chi connectivity index (χ1n) is 8.29. The van der Waals surface area contributed by atoms with E-state index >= 15 is 0 Å². The van der Waals surface area contributed by atoms with Gasteiger partial charge in [-0.2, -0.15) is 0 Å². The highest BCUT2D eigenvalue weighted by molar-refractivity contribution is 8.00. The number of benzene rings is 2. The molecule has 0 bridgehead atoms. The number of nitrogens with zero attached hydrogens (tertiary/aromatic N) is 3. The Morgan fingerprint density at radius 1 is 1.19 bits per heavy atom. The van der Waals surface area contributed by atoms with Gasteiger partial charge in [-0.15, -0.1) is 10.2 Å². The predicted molar refractivity (Wildman–Crippen MR) is 101 cm³/mol. The van der Waals surface area contributed by atoms with Crippen LogP contribution in [0.4, 0.5) is 14.5 Å². The van der Waals surface area contributed by atoms with Crippen molar-refractivity contribution >= 4 is 23.4 Å². The van der Waals surface area contributed by atoms with Crippen molar-refractivity contribution in [3.05, 3.63) is 71.6 Å². The molecule has 27 heavy (non-hydrogen) atoms. The van der Waals surface area contributed by atoms with E-state index in [2.05, 4.69) is 15.5 Å². The van der Waals surface area contributed by atoms with Crippen molar-refractivity contribution in [3.8, 4) is 0 Å². The van der Waals surface area contributed by atoms with Gasteiger partial charge in [-0.1, -0.05) is 42.1 Å². The molecule has 3 rings (SSSR count). The minimum atomic E-state index is -0.689. The fraction of sp³-hybridized carbons (Fsp3) is 0.211. The van der Waals surface area contributed by atoms with E-state index in [9.17, 15) is 13.6 Å². The zero-order chi connectivity index (χ0) is 19.4. The zero-order valence-corrected chi connectivity index (χ0v) is 15.6. The number of hydrogen-bond donors (Lipinski definition) is 1. The summed E-state index contributed by atoms with van der Waals surface area (Å²) in [7, 11) is 1.83. The Kier molecular flexibility index (Phi) is 5.85. The lowest BCUT2D eigenvalue weighted by molar-refractivity contribution is -0.115. The molecule has 0 saturated heterocycles. The van der Waals surface area contributed by atoms with Crippen LogP contribution in [0.25, 0.3) is 0 Å². The van der Waals surface area contributed by atoms with Crippen LogP contribution in [0, 0.1) is 11.6 Å². The number of thioether (sulfide) groups is 1. The van der Waals surface area contributed by atoms with Gasteiger partial charge in [0.2, 0.25) is 5.91 Å². The van der Waals surface area contributed by atoms with Gasteiger partial charge in [-0.25, -0.2) is 8.78 Å². The Balaban J connectivity index is 1.66. The van der Waals surface area contributed by atoms with Crippen molar-refractivity contribution in [2.24, 2.45) is 7.05 Å². The molecule has 1 amide bonds. The van der Waals surface area contributed by atoms with E-state index in [1.165, 1.54) is 11.8 Å². The lowest BCUT2D eigenvalue weighted by Crippen LogP contribution is -2.23. The van der Waals surface area contributed by atoms with E-state index in [0.717, 1.165) is 29.6 Å². The number of hydrogen-bond acceptors (Lipinski definition) is 4. The van der Waals surface area contributed by atoms with E-state index < -0.39 is 22.8 Å². The van der Waals surface area contributed by atoms with Crippen LogP contribution in [0.2, 0.25) is 0 Å². The second-order valence-corrected chi connectivity index (χ2v) is 7.30. The van der Waals surface area contributed by atoms with Gasteiger partial charge in [0.05, 0.1) is 10.9 Å². The largest absolute Gasteiger partial charge is 0.323 e. The molecule has 0 aliphatic heterocycles. The zero-order valence-electron chi connectivity index (χ0n) is 14.8. The third-order valence-corrected chi connectivity index (χ3v) is 5.10. The molecule has 1 atom stereocenters. The first-order chi connectivity index (χ1) is 12.9. The maximum absolute atomic E-state index is 13.7. The summed E-state index contributed by atoms with van der Waals surface area (Å²) in [5, 5.41) is 10.7. The number of nitrogens with one attached hydrogen (secondary N) is 1. The van der Waals surface area contributed by atoms with Crippen molar-refractivity contribution in [3.63, 3.8) is 0 Å². The Hall–Kier alpha value is -2.74. The molecule has 0 aliphatic rings. The van der Waals surface area contributed by atoms with Gasteiger partial charge in [-0.05, 0) is 24.6 Å². The smallest absolute Gasteiger partial charge is 0.237 e. The normalized spacial score (nSPS) is 12.0. The Bertz CT molecular complexity index is 946. The molecular weight excluding hydrogens is 370 g/mol. The first kappa shape index (κ1) is 19.0. The molecule has 3 aromatic rings. The Labute approximate surface area is 159 Å². The van der Waals surface area contributed by atoms with Gasteiger partial charge in [0.1, 0.15) is 17.5 Å². The average molecular weight is 388 g/mol. The van der Waals surface area contributed by atoms with Gasteiger partial charge in [0.25, 0.3) is 0 Å². The Morgan fingerprint density at radius 2 is 1.93 bits per heavy atom. The molecule has 1 heterocycles. The third-order valence-electron chi connectivity index (χ3n) is 3.97. The van der Waals surface area contributed by atoms with Crippen LogP contribution < -0.4 is 5.32 Å². The standard InChI is InChI=1S/C19H18F2N4OS/c1-12(18(26)22-16-11-14(20)8-9-15(16)21)27-19-24-23-17(25(19)2)10-13-6-4-3-5-7-13/h3-9,11-12H,10H2,1-2H3,(H,22,26). The number of aromatic nitrogens is 3. The van der Waals surface area contributed by atoms with Crippen LogP contribution in [0.1, 0.15) is 18.3 Å². The lowest BCUT2D eigenvalue weighted by Gasteiger charge is -2.12. The van der Waals surface area contributed by atoms with E-state index in [1.54, 1.807) is 6.92 Å². The van der Waals surface area contributed by atoms with Crippen molar-refractivity contribution in [2.45, 2.75) is 23.8 Å². The molecule has 0 spiro atoms. The minimum Gasteiger partial charge on any atom is -0.323 e. The summed E-state index contributed by atoms with van der Waals surface area (Å²) < 4.78 is 28.7. The van der Waals surface area contributed by atoms with Crippen molar-refractivity contribution in [2.75, 3.05) is 5.32 Å². The predicted octanol–water partition coefficient (Wildman–Crippen LogP) is 3.80. The van der Waals surface area contributed by atoms with Crippen LogP contribution >= 0.6 is 11.8 Å². The minimum absolute atomic E-state index is 0.185. The summed E-state index contributed by atoms with van der Waals surface area (Å²) in [5.41, 5.74) is 0.923. The van der Waals surface area contributed by atoms with Gasteiger partial charge in [0, 0.05) is 19.5 Å². The number of rotatable bonds is 6. The summed E-state index contributed by atoms with van der Waals surface area (Å²) in [5.74, 6) is -0.985. The molecule has 1 unspecified atom stereocenters. The summed E-state index contributed by atoms with van der Waals surface area (Å²) in [6, 6.07) is 12.8. The molecule has 1 N–H and O–H groups in total. The first-order valence-corrected chi connectivity index (χ1v) is 9.17. The summed E-state index contributed by atoms with van der Waals surface area (Å²) in [6.07, 6.45) is 0.625. The lowest BCUT2D eigenvalue weighted by atomic mass is 10.1. The van der Waals surface area contributed by atoms with Gasteiger partial charge in [-0.3, -0.25) is 4.79 Å². The van der Waals surface area contributed by atoms with Gasteiger partial charge >= 0.3 is 0 Å². The SMILES string of the molecule is CC(Sc1nnc(Cc2ccccc2)n1C)C(=O)Nc1cc(F)ccc1F. The maximum atomic E-state index is 13.7. The van der Waals surface area contributed by atoms with Crippen LogP contribution in [0.3, 0.4) is 0 Å². The van der Waals surface area contributed by atoms with E-state index in [0.29, 0.717) is 11.6 Å². The highest BCUT2D eigenvalue weighted by Crippen LogP contribution is 2.24.